The lowest BCUT2D eigenvalue weighted by molar-refractivity contribution is -0.131. The molecule has 0 saturated carbocycles. The molecule has 7 nitrogen and oxygen atoms in total. The number of anilines is 1. The molecule has 4 rings (SSSR count). The standard InChI is InChI=1S/C25H27NO6/c1-14(27)22-19(26-17-6-8-18(30-4)9-7-17)12-25(3,29)24(15(2)28)23(22)16-5-10-20-21(11-16)32-13-31-20/h5-11,23-24,26,29H,12-13H2,1-4H3/t23-,24-,25+/m0/s1. The van der Waals surface area contributed by atoms with Gasteiger partial charge in [0.1, 0.15) is 11.5 Å². The molecule has 0 aromatic heterocycles. The summed E-state index contributed by atoms with van der Waals surface area (Å²) in [6, 6.07) is 12.7. The summed E-state index contributed by atoms with van der Waals surface area (Å²) in [5.74, 6) is 0.114. The Balaban J connectivity index is 1.85. The van der Waals surface area contributed by atoms with Crippen LogP contribution >= 0.6 is 0 Å². The van der Waals surface area contributed by atoms with E-state index >= 15 is 0 Å². The van der Waals surface area contributed by atoms with Gasteiger partial charge in [0.05, 0.1) is 18.6 Å². The van der Waals surface area contributed by atoms with Gasteiger partial charge in [0.15, 0.2) is 17.3 Å². The van der Waals surface area contributed by atoms with Crippen molar-refractivity contribution >= 4 is 17.3 Å². The van der Waals surface area contributed by atoms with Gasteiger partial charge < -0.3 is 24.6 Å². The third-order valence-electron chi connectivity index (χ3n) is 6.13. The van der Waals surface area contributed by atoms with Gasteiger partial charge in [-0.3, -0.25) is 9.59 Å². The molecule has 0 saturated heterocycles. The van der Waals surface area contributed by atoms with E-state index in [4.69, 9.17) is 14.2 Å². The Morgan fingerprint density at radius 2 is 1.78 bits per heavy atom. The highest BCUT2D eigenvalue weighted by Gasteiger charge is 2.49. The summed E-state index contributed by atoms with van der Waals surface area (Å²) < 4.78 is 16.1. The number of ether oxygens (including phenoxy) is 3. The molecule has 2 N–H and O–H groups in total. The molecule has 0 unspecified atom stereocenters. The monoisotopic (exact) mass is 437 g/mol. The highest BCUT2D eigenvalue weighted by Crippen LogP contribution is 2.49. The summed E-state index contributed by atoms with van der Waals surface area (Å²) in [5, 5.41) is 14.7. The van der Waals surface area contributed by atoms with Crippen molar-refractivity contribution in [3.8, 4) is 17.2 Å². The van der Waals surface area contributed by atoms with Crippen molar-refractivity contribution < 1.29 is 28.9 Å². The molecule has 2 aliphatic rings. The lowest BCUT2D eigenvalue weighted by Crippen LogP contribution is -2.48. The molecule has 0 spiro atoms. The van der Waals surface area contributed by atoms with E-state index in [1.54, 1.807) is 26.2 Å². The summed E-state index contributed by atoms with van der Waals surface area (Å²) in [7, 11) is 1.59. The Morgan fingerprint density at radius 3 is 2.41 bits per heavy atom. The van der Waals surface area contributed by atoms with Gasteiger partial charge in [0.25, 0.3) is 0 Å². The van der Waals surface area contributed by atoms with Crippen molar-refractivity contribution in [1.82, 2.24) is 0 Å². The lowest BCUT2D eigenvalue weighted by Gasteiger charge is -2.43. The van der Waals surface area contributed by atoms with Gasteiger partial charge in [0.2, 0.25) is 6.79 Å². The third-order valence-corrected chi connectivity index (χ3v) is 6.13. The first kappa shape index (κ1) is 21.9. The van der Waals surface area contributed by atoms with Crippen LogP contribution in [0.3, 0.4) is 0 Å². The fourth-order valence-electron chi connectivity index (χ4n) is 4.81. The fraction of sp³-hybridized carbons (Fsp3) is 0.360. The van der Waals surface area contributed by atoms with Crippen molar-refractivity contribution in [1.29, 1.82) is 0 Å². The molecular weight excluding hydrogens is 410 g/mol. The van der Waals surface area contributed by atoms with E-state index in [2.05, 4.69) is 5.32 Å². The predicted molar refractivity (Wildman–Crippen MR) is 119 cm³/mol. The summed E-state index contributed by atoms with van der Waals surface area (Å²) in [5.41, 5.74) is 1.18. The minimum Gasteiger partial charge on any atom is -0.497 e. The van der Waals surface area contributed by atoms with E-state index in [1.807, 2.05) is 30.3 Å². The largest absolute Gasteiger partial charge is 0.497 e. The average Bonchev–Trinajstić information content (AvgIpc) is 3.20. The van der Waals surface area contributed by atoms with Crippen LogP contribution in [0.25, 0.3) is 0 Å². The number of hydrogen-bond donors (Lipinski definition) is 2. The zero-order chi connectivity index (χ0) is 23.0. The molecule has 3 atom stereocenters. The van der Waals surface area contributed by atoms with Crippen molar-refractivity contribution in [2.75, 3.05) is 19.2 Å². The first-order valence-electron chi connectivity index (χ1n) is 10.5. The first-order valence-corrected chi connectivity index (χ1v) is 10.5. The minimum absolute atomic E-state index is 0.122. The Morgan fingerprint density at radius 1 is 1.09 bits per heavy atom. The number of ketones is 2. The number of allylic oxidation sites excluding steroid dienone is 1. The molecule has 7 heteroatoms. The maximum absolute atomic E-state index is 12.9. The van der Waals surface area contributed by atoms with Gasteiger partial charge in [-0.2, -0.15) is 0 Å². The Labute approximate surface area is 187 Å². The molecule has 0 radical (unpaired) electrons. The zero-order valence-electron chi connectivity index (χ0n) is 18.6. The number of carbonyl (C=O) groups excluding carboxylic acids is 2. The number of rotatable bonds is 6. The quantitative estimate of drug-likeness (QED) is 0.709. The lowest BCUT2D eigenvalue weighted by atomic mass is 9.64. The number of aliphatic hydroxyl groups is 1. The normalized spacial score (nSPS) is 24.3. The van der Waals surface area contributed by atoms with E-state index in [9.17, 15) is 14.7 Å². The first-order chi connectivity index (χ1) is 15.2. The summed E-state index contributed by atoms with van der Waals surface area (Å²) in [6.07, 6.45) is 0.138. The Kier molecular flexibility index (Phi) is 5.69. The summed E-state index contributed by atoms with van der Waals surface area (Å²) in [6.45, 7) is 4.71. The number of methoxy groups -OCH3 is 1. The highest BCUT2D eigenvalue weighted by molar-refractivity contribution is 5.98. The number of benzene rings is 2. The number of nitrogens with one attached hydrogen (secondary N) is 1. The van der Waals surface area contributed by atoms with Crippen LogP contribution < -0.4 is 19.5 Å². The molecule has 168 valence electrons. The van der Waals surface area contributed by atoms with Crippen LogP contribution in [-0.2, 0) is 9.59 Å². The Bertz CT molecular complexity index is 1090. The molecule has 2 aromatic carbocycles. The van der Waals surface area contributed by atoms with Gasteiger partial charge in [-0.05, 0) is 62.7 Å². The zero-order valence-corrected chi connectivity index (χ0v) is 18.6. The van der Waals surface area contributed by atoms with Crippen molar-refractivity contribution in [3.63, 3.8) is 0 Å². The van der Waals surface area contributed by atoms with Crippen molar-refractivity contribution in [2.24, 2.45) is 5.92 Å². The molecule has 0 bridgehead atoms. The van der Waals surface area contributed by atoms with Gasteiger partial charge >= 0.3 is 0 Å². The average molecular weight is 437 g/mol. The molecule has 0 amide bonds. The topological polar surface area (TPSA) is 94.1 Å². The van der Waals surface area contributed by atoms with Gasteiger partial charge in [0, 0.05) is 29.3 Å². The minimum atomic E-state index is -1.36. The molecule has 32 heavy (non-hydrogen) atoms. The summed E-state index contributed by atoms with van der Waals surface area (Å²) in [4.78, 5) is 25.7. The highest BCUT2D eigenvalue weighted by atomic mass is 16.7. The molecule has 1 aliphatic heterocycles. The van der Waals surface area contributed by atoms with Crippen molar-refractivity contribution in [2.45, 2.75) is 38.7 Å². The number of hydrogen-bond acceptors (Lipinski definition) is 7. The third kappa shape index (κ3) is 3.96. The van der Waals surface area contributed by atoms with E-state index in [1.165, 1.54) is 13.8 Å². The molecule has 1 aliphatic carbocycles. The molecule has 2 aromatic rings. The van der Waals surface area contributed by atoms with Crippen LogP contribution in [-0.4, -0.2) is 36.2 Å². The number of carbonyl (C=O) groups is 2. The Hall–Kier alpha value is -3.32. The van der Waals surface area contributed by atoms with Crippen LogP contribution in [0.5, 0.6) is 17.2 Å². The predicted octanol–water partition coefficient (Wildman–Crippen LogP) is 3.82. The van der Waals surface area contributed by atoms with Crippen molar-refractivity contribution in [3.05, 3.63) is 59.3 Å². The van der Waals surface area contributed by atoms with Crippen LogP contribution in [0.15, 0.2) is 53.7 Å². The maximum atomic E-state index is 12.9. The number of Topliss-reactive ketones (excluding diaryl/α,β-unsaturated/α-hetero) is 2. The van der Waals surface area contributed by atoms with Crippen LogP contribution in [0.1, 0.15) is 38.7 Å². The maximum Gasteiger partial charge on any atom is 0.231 e. The summed E-state index contributed by atoms with van der Waals surface area (Å²) >= 11 is 0. The fourth-order valence-corrected chi connectivity index (χ4v) is 4.81. The van der Waals surface area contributed by atoms with Crippen LogP contribution in [0, 0.1) is 5.92 Å². The SMILES string of the molecule is COc1ccc(NC2=C(C(C)=O)[C@H](c3ccc4c(c3)OCO4)[C@H](C(C)=O)[C@](C)(O)C2)cc1. The van der Waals surface area contributed by atoms with Crippen LogP contribution in [0.2, 0.25) is 0 Å². The second-order valence-electron chi connectivity index (χ2n) is 8.51. The van der Waals surface area contributed by atoms with Gasteiger partial charge in [-0.25, -0.2) is 0 Å². The number of fused-ring (bicyclic) bond motifs is 1. The molecular formula is C25H27NO6. The second-order valence-corrected chi connectivity index (χ2v) is 8.51. The van der Waals surface area contributed by atoms with Gasteiger partial charge in [-0.1, -0.05) is 6.07 Å². The smallest absolute Gasteiger partial charge is 0.231 e. The van der Waals surface area contributed by atoms with E-state index in [0.29, 0.717) is 34.1 Å². The van der Waals surface area contributed by atoms with Crippen LogP contribution in [0.4, 0.5) is 5.69 Å². The van der Waals surface area contributed by atoms with E-state index in [0.717, 1.165) is 5.69 Å². The second kappa shape index (κ2) is 8.31. The van der Waals surface area contributed by atoms with E-state index in [-0.39, 0.29) is 24.8 Å². The van der Waals surface area contributed by atoms with E-state index < -0.39 is 17.4 Å². The molecule has 0 fully saturated rings. The molecule has 1 heterocycles. The van der Waals surface area contributed by atoms with Gasteiger partial charge in [-0.15, -0.1) is 0 Å².